The van der Waals surface area contributed by atoms with Crippen molar-refractivity contribution in [1.29, 1.82) is 0 Å². The molecule has 2 N–H and O–H groups in total. The van der Waals surface area contributed by atoms with E-state index in [9.17, 15) is 0 Å². The van der Waals surface area contributed by atoms with Crippen LogP contribution in [0.3, 0.4) is 0 Å². The van der Waals surface area contributed by atoms with Crippen LogP contribution in [0.25, 0.3) is 0 Å². The third-order valence-corrected chi connectivity index (χ3v) is 6.43. The van der Waals surface area contributed by atoms with E-state index in [1.807, 2.05) is 30.4 Å². The number of piperidine rings is 1. The molecule has 0 aliphatic carbocycles. The second-order valence-corrected chi connectivity index (χ2v) is 8.95. The van der Waals surface area contributed by atoms with E-state index in [0.717, 1.165) is 35.6 Å². The topological polar surface area (TPSA) is 52.6 Å². The Morgan fingerprint density at radius 2 is 2.12 bits per heavy atom. The summed E-state index contributed by atoms with van der Waals surface area (Å²) in [6.45, 7) is 8.93. The lowest BCUT2D eigenvalue weighted by Crippen LogP contribution is -2.54. The van der Waals surface area contributed by atoms with Gasteiger partial charge in [-0.15, -0.1) is 11.3 Å². The first kappa shape index (κ1) is 19.5. The van der Waals surface area contributed by atoms with Crippen molar-refractivity contribution in [2.45, 2.75) is 49.4 Å². The lowest BCUT2D eigenvalue weighted by molar-refractivity contribution is 0.0982. The third-order valence-electron chi connectivity index (χ3n) is 4.37. The first-order valence-corrected chi connectivity index (χ1v) is 10.7. The number of aromatic nitrogens is 1. The van der Waals surface area contributed by atoms with Crippen LogP contribution in [0, 0.1) is 0 Å². The fourth-order valence-corrected chi connectivity index (χ4v) is 4.50. The molecule has 0 atom stereocenters. The van der Waals surface area contributed by atoms with Gasteiger partial charge in [0.2, 0.25) is 0 Å². The van der Waals surface area contributed by atoms with Crippen LogP contribution in [0.1, 0.15) is 39.5 Å². The Balaban J connectivity index is 1.62. The predicted octanol–water partition coefficient (Wildman–Crippen LogP) is 3.05. The lowest BCUT2D eigenvalue weighted by atomic mass is 9.98. The molecule has 1 aromatic rings. The Morgan fingerprint density at radius 1 is 1.33 bits per heavy atom. The van der Waals surface area contributed by atoms with Crippen molar-refractivity contribution < 1.29 is 0 Å². The van der Waals surface area contributed by atoms with Crippen LogP contribution in [0.2, 0.25) is 0 Å². The summed E-state index contributed by atoms with van der Waals surface area (Å²) in [5.74, 6) is 1.98. The van der Waals surface area contributed by atoms with E-state index in [4.69, 9.17) is 0 Å². The van der Waals surface area contributed by atoms with E-state index >= 15 is 0 Å². The van der Waals surface area contributed by atoms with Gasteiger partial charge in [0.15, 0.2) is 5.96 Å². The molecule has 0 radical (unpaired) electrons. The van der Waals surface area contributed by atoms with E-state index in [1.54, 1.807) is 11.3 Å². The van der Waals surface area contributed by atoms with Gasteiger partial charge in [-0.3, -0.25) is 9.89 Å². The quantitative estimate of drug-likeness (QED) is 0.319. The molecule has 2 rings (SSSR count). The molecule has 1 fully saturated rings. The number of thioether (sulfide) groups is 1. The van der Waals surface area contributed by atoms with Crippen LogP contribution < -0.4 is 10.6 Å². The smallest absolute Gasteiger partial charge is 0.191 e. The average molecular weight is 370 g/mol. The van der Waals surface area contributed by atoms with Crippen LogP contribution in [0.5, 0.6) is 0 Å². The number of likely N-dealkylation sites (tertiary alicyclic amines) is 1. The zero-order valence-corrected chi connectivity index (χ0v) is 16.8. The zero-order valence-electron chi connectivity index (χ0n) is 15.2. The molecule has 1 saturated heterocycles. The summed E-state index contributed by atoms with van der Waals surface area (Å²) >= 11 is 3.53. The fraction of sp³-hybridized carbons (Fsp3) is 0.765. The van der Waals surface area contributed by atoms with Crippen LogP contribution in [-0.2, 0) is 0 Å². The maximum Gasteiger partial charge on any atom is 0.191 e. The van der Waals surface area contributed by atoms with Gasteiger partial charge in [0.25, 0.3) is 0 Å². The maximum absolute atomic E-state index is 4.34. The van der Waals surface area contributed by atoms with Crippen molar-refractivity contribution in [3.63, 3.8) is 0 Å². The predicted molar refractivity (Wildman–Crippen MR) is 106 cm³/mol. The van der Waals surface area contributed by atoms with Gasteiger partial charge >= 0.3 is 0 Å². The number of hydrogen-bond acceptors (Lipinski definition) is 5. The van der Waals surface area contributed by atoms with Gasteiger partial charge in [-0.2, -0.15) is 0 Å². The summed E-state index contributed by atoms with van der Waals surface area (Å²) < 4.78 is 1.15. The average Bonchev–Trinajstić information content (AvgIpc) is 3.11. The van der Waals surface area contributed by atoms with E-state index in [0.29, 0.717) is 0 Å². The summed E-state index contributed by atoms with van der Waals surface area (Å²) in [6.07, 6.45) is 6.99. The van der Waals surface area contributed by atoms with Crippen molar-refractivity contribution in [3.05, 3.63) is 11.6 Å². The molecule has 1 aromatic heterocycles. The molecule has 1 aliphatic rings. The Bertz CT molecular complexity index is 481. The van der Waals surface area contributed by atoms with Gasteiger partial charge in [0, 0.05) is 43.0 Å². The number of nitrogens with zero attached hydrogens (tertiary/aromatic N) is 3. The number of hydrogen-bond donors (Lipinski definition) is 2. The number of guanidine groups is 1. The largest absolute Gasteiger partial charge is 0.356 e. The van der Waals surface area contributed by atoms with E-state index in [-0.39, 0.29) is 5.54 Å². The van der Waals surface area contributed by atoms with Crippen LogP contribution in [0.4, 0.5) is 0 Å². The Hall–Kier alpha value is -0.790. The minimum absolute atomic E-state index is 0.165. The van der Waals surface area contributed by atoms with Gasteiger partial charge in [0.1, 0.15) is 4.34 Å². The van der Waals surface area contributed by atoms with E-state index < -0.39 is 0 Å². The van der Waals surface area contributed by atoms with Crippen LogP contribution >= 0.6 is 23.1 Å². The normalized spacial score (nSPS) is 17.0. The van der Waals surface area contributed by atoms with Gasteiger partial charge in [-0.05, 0) is 46.2 Å². The minimum atomic E-state index is 0.165. The molecule has 7 heteroatoms. The van der Waals surface area contributed by atoms with Crippen molar-refractivity contribution >= 4 is 29.1 Å². The summed E-state index contributed by atoms with van der Waals surface area (Å²) in [5, 5.41) is 8.93. The molecule has 0 amide bonds. The molecule has 2 heterocycles. The Morgan fingerprint density at radius 3 is 2.79 bits per heavy atom. The van der Waals surface area contributed by atoms with Gasteiger partial charge in [0.05, 0.1) is 0 Å². The van der Waals surface area contributed by atoms with Crippen molar-refractivity contribution in [3.8, 4) is 0 Å². The van der Waals surface area contributed by atoms with Crippen LogP contribution in [-0.4, -0.2) is 60.4 Å². The second kappa shape index (κ2) is 10.3. The van der Waals surface area contributed by atoms with Gasteiger partial charge in [-0.25, -0.2) is 4.98 Å². The Kier molecular flexibility index (Phi) is 8.35. The molecular weight excluding hydrogens is 338 g/mol. The molecule has 5 nitrogen and oxygen atoms in total. The molecule has 0 saturated carbocycles. The number of nitrogens with one attached hydrogen (secondary N) is 2. The molecule has 0 unspecified atom stereocenters. The zero-order chi connectivity index (χ0) is 17.3. The van der Waals surface area contributed by atoms with Crippen molar-refractivity contribution in [2.24, 2.45) is 4.99 Å². The molecule has 0 bridgehead atoms. The SMILES string of the molecule is CN=C(NCCCSc1nccs1)NCC(C)(C)N1CCCCC1. The van der Waals surface area contributed by atoms with E-state index in [1.165, 1.54) is 32.4 Å². The standard InChI is InChI=1S/C17H31N5S2/c1-17(2,22-10-5-4-6-11-22)14-21-15(18-3)19-8-7-12-23-16-20-9-13-24-16/h9,13H,4-8,10-12,14H2,1-3H3,(H2,18,19,21). The highest BCUT2D eigenvalue weighted by atomic mass is 32.2. The highest BCUT2D eigenvalue weighted by Gasteiger charge is 2.27. The molecule has 0 spiro atoms. The molecule has 0 aromatic carbocycles. The highest BCUT2D eigenvalue weighted by Crippen LogP contribution is 2.21. The summed E-state index contributed by atoms with van der Waals surface area (Å²) in [6, 6.07) is 0. The Labute approximate surface area is 154 Å². The summed E-state index contributed by atoms with van der Waals surface area (Å²) in [4.78, 5) is 11.2. The first-order valence-electron chi connectivity index (χ1n) is 8.84. The number of aliphatic imine (C=N–C) groups is 1. The third kappa shape index (κ3) is 6.61. The number of thiazole rings is 1. The van der Waals surface area contributed by atoms with E-state index in [2.05, 4.69) is 39.4 Å². The minimum Gasteiger partial charge on any atom is -0.356 e. The fourth-order valence-electron chi connectivity index (χ4n) is 2.85. The van der Waals surface area contributed by atoms with Crippen molar-refractivity contribution in [2.75, 3.05) is 39.0 Å². The lowest BCUT2D eigenvalue weighted by Gasteiger charge is -2.41. The molecule has 24 heavy (non-hydrogen) atoms. The highest BCUT2D eigenvalue weighted by molar-refractivity contribution is 8.00. The van der Waals surface area contributed by atoms with Gasteiger partial charge < -0.3 is 10.6 Å². The molecule has 1 aliphatic heterocycles. The van der Waals surface area contributed by atoms with Gasteiger partial charge in [-0.1, -0.05) is 18.2 Å². The summed E-state index contributed by atoms with van der Waals surface area (Å²) in [5.41, 5.74) is 0.165. The monoisotopic (exact) mass is 369 g/mol. The van der Waals surface area contributed by atoms with Crippen LogP contribution in [0.15, 0.2) is 20.9 Å². The van der Waals surface area contributed by atoms with Crippen molar-refractivity contribution in [1.82, 2.24) is 20.5 Å². The number of rotatable bonds is 8. The first-order chi connectivity index (χ1) is 11.6. The maximum atomic E-state index is 4.34. The summed E-state index contributed by atoms with van der Waals surface area (Å²) in [7, 11) is 1.84. The molecular formula is C17H31N5S2. The second-order valence-electron chi connectivity index (χ2n) is 6.71. The molecule has 136 valence electrons.